The summed E-state index contributed by atoms with van der Waals surface area (Å²) in [6.07, 6.45) is -1.64. The topological polar surface area (TPSA) is 60.7 Å². The van der Waals surface area contributed by atoms with Crippen LogP contribution in [0.3, 0.4) is 0 Å². The maximum atomic E-state index is 9.09. The van der Waals surface area contributed by atoms with Gasteiger partial charge in [-0.25, -0.2) is 0 Å². The van der Waals surface area contributed by atoms with Crippen molar-refractivity contribution in [1.82, 2.24) is 0 Å². The lowest BCUT2D eigenvalue weighted by molar-refractivity contribution is -0.0606. The van der Waals surface area contributed by atoms with Crippen molar-refractivity contribution in [2.75, 3.05) is 0 Å². The predicted octanol–water partition coefficient (Wildman–Crippen LogP) is -0.111. The van der Waals surface area contributed by atoms with Gasteiger partial charge in [0.1, 0.15) is 6.10 Å². The standard InChI is InChI=1S/C7H16O3/c1-3-5(8)7(10)6(9)4-2/h5-10H,3-4H2,1-2H3. The summed E-state index contributed by atoms with van der Waals surface area (Å²) in [6, 6.07) is 0. The van der Waals surface area contributed by atoms with Crippen LogP contribution in [0.2, 0.25) is 0 Å². The van der Waals surface area contributed by atoms with E-state index in [9.17, 15) is 0 Å². The van der Waals surface area contributed by atoms with E-state index in [4.69, 9.17) is 15.3 Å². The average molecular weight is 148 g/mol. The van der Waals surface area contributed by atoms with Crippen LogP contribution in [0.15, 0.2) is 0 Å². The molecule has 0 aromatic rings. The van der Waals surface area contributed by atoms with Gasteiger partial charge in [0, 0.05) is 0 Å². The number of aliphatic hydroxyl groups excluding tert-OH is 3. The minimum Gasteiger partial charge on any atom is -0.390 e. The monoisotopic (exact) mass is 148 g/mol. The molecule has 3 heteroatoms. The Labute approximate surface area is 61.3 Å². The molecule has 10 heavy (non-hydrogen) atoms. The van der Waals surface area contributed by atoms with Gasteiger partial charge >= 0.3 is 0 Å². The molecular formula is C7H16O3. The number of hydrogen-bond donors (Lipinski definition) is 3. The molecule has 0 aliphatic heterocycles. The van der Waals surface area contributed by atoms with Gasteiger partial charge in [-0.2, -0.15) is 0 Å². The Balaban J connectivity index is 3.69. The summed E-state index contributed by atoms with van der Waals surface area (Å²) in [7, 11) is 0. The van der Waals surface area contributed by atoms with E-state index in [-0.39, 0.29) is 0 Å². The van der Waals surface area contributed by atoms with Crippen LogP contribution >= 0.6 is 0 Å². The highest BCUT2D eigenvalue weighted by Crippen LogP contribution is 2.05. The van der Waals surface area contributed by atoms with E-state index >= 15 is 0 Å². The molecule has 3 N–H and O–H groups in total. The minimum atomic E-state index is -0.991. The maximum absolute atomic E-state index is 9.09. The molecular weight excluding hydrogens is 132 g/mol. The second kappa shape index (κ2) is 4.66. The number of hydrogen-bond acceptors (Lipinski definition) is 3. The van der Waals surface area contributed by atoms with Crippen LogP contribution in [0.1, 0.15) is 26.7 Å². The fourth-order valence-electron chi connectivity index (χ4n) is 0.739. The normalized spacial score (nSPS) is 20.1. The van der Waals surface area contributed by atoms with Crippen LogP contribution in [0, 0.1) is 0 Å². The van der Waals surface area contributed by atoms with E-state index in [1.807, 2.05) is 0 Å². The maximum Gasteiger partial charge on any atom is 0.106 e. The number of rotatable bonds is 4. The molecule has 0 aromatic heterocycles. The van der Waals surface area contributed by atoms with Gasteiger partial charge in [0.05, 0.1) is 12.2 Å². The van der Waals surface area contributed by atoms with E-state index in [2.05, 4.69) is 0 Å². The highest BCUT2D eigenvalue weighted by molar-refractivity contribution is 4.72. The zero-order valence-corrected chi connectivity index (χ0v) is 6.49. The van der Waals surface area contributed by atoms with Gasteiger partial charge in [0.25, 0.3) is 0 Å². The Morgan fingerprint density at radius 2 is 1.20 bits per heavy atom. The highest BCUT2D eigenvalue weighted by Gasteiger charge is 2.20. The lowest BCUT2D eigenvalue weighted by Gasteiger charge is -2.20. The lowest BCUT2D eigenvalue weighted by Crippen LogP contribution is -2.36. The molecule has 0 saturated heterocycles. The smallest absolute Gasteiger partial charge is 0.106 e. The molecule has 62 valence electrons. The highest BCUT2D eigenvalue weighted by atomic mass is 16.4. The summed E-state index contributed by atoms with van der Waals surface area (Å²) in [5, 5.41) is 27.1. The SMILES string of the molecule is CCC(O)C(O)C(O)CC. The quantitative estimate of drug-likeness (QED) is 0.521. The van der Waals surface area contributed by atoms with E-state index in [0.717, 1.165) is 0 Å². The summed E-state index contributed by atoms with van der Waals surface area (Å²) in [6.45, 7) is 3.52. The molecule has 0 spiro atoms. The third kappa shape index (κ3) is 2.64. The third-order valence-electron chi connectivity index (χ3n) is 1.63. The van der Waals surface area contributed by atoms with Crippen LogP contribution in [0.25, 0.3) is 0 Å². The molecule has 3 nitrogen and oxygen atoms in total. The summed E-state index contributed by atoms with van der Waals surface area (Å²) in [5.41, 5.74) is 0. The molecule has 0 saturated carbocycles. The molecule has 0 heterocycles. The van der Waals surface area contributed by atoms with Crippen molar-refractivity contribution in [2.45, 2.75) is 45.0 Å². The zero-order valence-electron chi connectivity index (χ0n) is 6.49. The molecule has 2 unspecified atom stereocenters. The Hall–Kier alpha value is -0.120. The first-order chi connectivity index (χ1) is 4.63. The lowest BCUT2D eigenvalue weighted by atomic mass is 10.0. The second-order valence-corrected chi connectivity index (χ2v) is 2.44. The largest absolute Gasteiger partial charge is 0.390 e. The fraction of sp³-hybridized carbons (Fsp3) is 1.00. The Morgan fingerprint density at radius 3 is 1.40 bits per heavy atom. The molecule has 0 rings (SSSR count). The van der Waals surface area contributed by atoms with Gasteiger partial charge in [-0.05, 0) is 12.8 Å². The van der Waals surface area contributed by atoms with Crippen LogP contribution < -0.4 is 0 Å². The van der Waals surface area contributed by atoms with Gasteiger partial charge in [0.15, 0.2) is 0 Å². The molecule has 0 aromatic carbocycles. The van der Waals surface area contributed by atoms with Gasteiger partial charge < -0.3 is 15.3 Å². The molecule has 0 amide bonds. The van der Waals surface area contributed by atoms with Crippen LogP contribution in [0.5, 0.6) is 0 Å². The van der Waals surface area contributed by atoms with Crippen LogP contribution in [0.4, 0.5) is 0 Å². The van der Waals surface area contributed by atoms with E-state index in [0.29, 0.717) is 12.8 Å². The van der Waals surface area contributed by atoms with E-state index in [1.165, 1.54) is 0 Å². The van der Waals surface area contributed by atoms with Gasteiger partial charge in [0.2, 0.25) is 0 Å². The van der Waals surface area contributed by atoms with E-state index in [1.54, 1.807) is 13.8 Å². The van der Waals surface area contributed by atoms with Crippen molar-refractivity contribution < 1.29 is 15.3 Å². The predicted molar refractivity (Wildman–Crippen MR) is 38.6 cm³/mol. The van der Waals surface area contributed by atoms with Crippen molar-refractivity contribution in [3.05, 3.63) is 0 Å². The molecule has 0 radical (unpaired) electrons. The van der Waals surface area contributed by atoms with Crippen molar-refractivity contribution in [3.63, 3.8) is 0 Å². The summed E-state index contributed by atoms with van der Waals surface area (Å²) < 4.78 is 0. The summed E-state index contributed by atoms with van der Waals surface area (Å²) in [4.78, 5) is 0. The average Bonchev–Trinajstić information content (AvgIpc) is 2.00. The molecule has 0 aliphatic rings. The van der Waals surface area contributed by atoms with Crippen LogP contribution in [-0.4, -0.2) is 33.6 Å². The minimum absolute atomic E-state index is 0.470. The van der Waals surface area contributed by atoms with Crippen LogP contribution in [-0.2, 0) is 0 Å². The van der Waals surface area contributed by atoms with Crippen molar-refractivity contribution in [2.24, 2.45) is 0 Å². The van der Waals surface area contributed by atoms with Crippen molar-refractivity contribution in [3.8, 4) is 0 Å². The van der Waals surface area contributed by atoms with E-state index < -0.39 is 18.3 Å². The first kappa shape index (κ1) is 9.88. The Kier molecular flexibility index (Phi) is 4.60. The molecule has 2 atom stereocenters. The molecule has 0 fully saturated rings. The number of aliphatic hydroxyl groups is 3. The fourth-order valence-corrected chi connectivity index (χ4v) is 0.739. The molecule has 0 bridgehead atoms. The third-order valence-corrected chi connectivity index (χ3v) is 1.63. The van der Waals surface area contributed by atoms with Crippen molar-refractivity contribution in [1.29, 1.82) is 0 Å². The van der Waals surface area contributed by atoms with Gasteiger partial charge in [-0.15, -0.1) is 0 Å². The molecule has 0 aliphatic carbocycles. The summed E-state index contributed by atoms with van der Waals surface area (Å²) >= 11 is 0. The first-order valence-corrected chi connectivity index (χ1v) is 3.67. The van der Waals surface area contributed by atoms with Crippen molar-refractivity contribution >= 4 is 0 Å². The Bertz CT molecular complexity index is 74.9. The second-order valence-electron chi connectivity index (χ2n) is 2.44. The van der Waals surface area contributed by atoms with Gasteiger partial charge in [-0.1, -0.05) is 13.8 Å². The van der Waals surface area contributed by atoms with Gasteiger partial charge in [-0.3, -0.25) is 0 Å². The zero-order chi connectivity index (χ0) is 8.15. The Morgan fingerprint density at radius 1 is 0.900 bits per heavy atom. The first-order valence-electron chi connectivity index (χ1n) is 3.67. The summed E-state index contributed by atoms with van der Waals surface area (Å²) in [5.74, 6) is 0.